The molecule has 0 radical (unpaired) electrons. The summed E-state index contributed by atoms with van der Waals surface area (Å²) >= 11 is 0. The van der Waals surface area contributed by atoms with Gasteiger partial charge in [-0.05, 0) is 48.9 Å². The van der Waals surface area contributed by atoms with Gasteiger partial charge in [-0.1, -0.05) is 11.2 Å². The number of hydrogen-bond donors (Lipinski definition) is 1. The van der Waals surface area contributed by atoms with Crippen LogP contribution in [-0.4, -0.2) is 15.2 Å². The van der Waals surface area contributed by atoms with Crippen LogP contribution in [0.2, 0.25) is 0 Å². The van der Waals surface area contributed by atoms with E-state index in [0.29, 0.717) is 17.0 Å². The summed E-state index contributed by atoms with van der Waals surface area (Å²) in [5, 5.41) is 13.1. The minimum atomic E-state index is -0.352. The molecule has 1 heterocycles. The minimum Gasteiger partial charge on any atom is -0.508 e. The summed E-state index contributed by atoms with van der Waals surface area (Å²) in [5.41, 5.74) is 2.14. The first kappa shape index (κ1) is 12.3. The second kappa shape index (κ2) is 4.77. The summed E-state index contributed by atoms with van der Waals surface area (Å²) in [6, 6.07) is 10.9. The standard InChI is InChI=1S/C15H11FN2O2/c1-9-2-5-11(16)8-13(9)15-17-14(18-20-15)10-3-6-12(19)7-4-10/h2-8,19H,1H3. The van der Waals surface area contributed by atoms with Crippen LogP contribution in [0.4, 0.5) is 4.39 Å². The zero-order valence-electron chi connectivity index (χ0n) is 10.7. The normalized spacial score (nSPS) is 10.7. The van der Waals surface area contributed by atoms with E-state index in [1.165, 1.54) is 12.1 Å². The van der Waals surface area contributed by atoms with Gasteiger partial charge in [-0.25, -0.2) is 4.39 Å². The summed E-state index contributed by atoms with van der Waals surface area (Å²) in [5.74, 6) is 0.474. The van der Waals surface area contributed by atoms with Gasteiger partial charge in [0, 0.05) is 11.1 Å². The van der Waals surface area contributed by atoms with Gasteiger partial charge in [0.05, 0.1) is 0 Å². The third-order valence-electron chi connectivity index (χ3n) is 2.98. The number of halogens is 1. The second-order valence-electron chi connectivity index (χ2n) is 4.43. The quantitative estimate of drug-likeness (QED) is 0.773. The zero-order valence-corrected chi connectivity index (χ0v) is 10.7. The Morgan fingerprint density at radius 3 is 2.60 bits per heavy atom. The van der Waals surface area contributed by atoms with E-state index < -0.39 is 0 Å². The van der Waals surface area contributed by atoms with Crippen molar-refractivity contribution in [3.8, 4) is 28.6 Å². The molecule has 5 heteroatoms. The number of phenolic OH excluding ortho intramolecular Hbond substituents is 1. The largest absolute Gasteiger partial charge is 0.508 e. The smallest absolute Gasteiger partial charge is 0.258 e. The lowest BCUT2D eigenvalue weighted by molar-refractivity contribution is 0.431. The fraction of sp³-hybridized carbons (Fsp3) is 0.0667. The highest BCUT2D eigenvalue weighted by Gasteiger charge is 2.13. The van der Waals surface area contributed by atoms with Crippen LogP contribution in [0.15, 0.2) is 47.0 Å². The summed E-state index contributed by atoms with van der Waals surface area (Å²) < 4.78 is 18.5. The molecular formula is C15H11FN2O2. The Labute approximate surface area is 114 Å². The molecule has 0 amide bonds. The number of aromatic hydroxyl groups is 1. The molecule has 0 fully saturated rings. The molecular weight excluding hydrogens is 259 g/mol. The molecule has 20 heavy (non-hydrogen) atoms. The fourth-order valence-electron chi connectivity index (χ4n) is 1.89. The molecule has 0 aliphatic rings. The van der Waals surface area contributed by atoms with Gasteiger partial charge in [0.15, 0.2) is 0 Å². The first-order valence-electron chi connectivity index (χ1n) is 6.03. The third kappa shape index (κ3) is 2.25. The summed E-state index contributed by atoms with van der Waals surface area (Å²) in [4.78, 5) is 4.26. The maximum absolute atomic E-state index is 13.3. The van der Waals surface area contributed by atoms with Crippen LogP contribution in [0.5, 0.6) is 5.75 Å². The van der Waals surface area contributed by atoms with E-state index in [9.17, 15) is 9.50 Å². The Morgan fingerprint density at radius 1 is 1.10 bits per heavy atom. The zero-order chi connectivity index (χ0) is 14.1. The highest BCUT2D eigenvalue weighted by molar-refractivity contribution is 5.62. The van der Waals surface area contributed by atoms with Gasteiger partial charge in [-0.3, -0.25) is 0 Å². The van der Waals surface area contributed by atoms with Gasteiger partial charge in [-0.2, -0.15) is 4.98 Å². The number of hydrogen-bond acceptors (Lipinski definition) is 4. The van der Waals surface area contributed by atoms with Crippen LogP contribution < -0.4 is 0 Å². The van der Waals surface area contributed by atoms with E-state index in [-0.39, 0.29) is 17.5 Å². The Morgan fingerprint density at radius 2 is 1.85 bits per heavy atom. The first-order chi connectivity index (χ1) is 9.63. The number of aryl methyl sites for hydroxylation is 1. The predicted molar refractivity (Wildman–Crippen MR) is 71.5 cm³/mol. The molecule has 0 aliphatic heterocycles. The lowest BCUT2D eigenvalue weighted by atomic mass is 10.1. The number of benzene rings is 2. The van der Waals surface area contributed by atoms with Crippen molar-refractivity contribution >= 4 is 0 Å². The molecule has 0 atom stereocenters. The molecule has 100 valence electrons. The van der Waals surface area contributed by atoms with Crippen molar-refractivity contribution in [2.24, 2.45) is 0 Å². The van der Waals surface area contributed by atoms with Gasteiger partial charge in [0.25, 0.3) is 5.89 Å². The molecule has 4 nitrogen and oxygen atoms in total. The van der Waals surface area contributed by atoms with Gasteiger partial charge in [0.2, 0.25) is 5.82 Å². The van der Waals surface area contributed by atoms with Gasteiger partial charge < -0.3 is 9.63 Å². The van der Waals surface area contributed by atoms with E-state index in [0.717, 1.165) is 5.56 Å². The first-order valence-corrected chi connectivity index (χ1v) is 6.03. The Hall–Kier alpha value is -2.69. The second-order valence-corrected chi connectivity index (χ2v) is 4.43. The third-order valence-corrected chi connectivity index (χ3v) is 2.98. The highest BCUT2D eigenvalue weighted by Crippen LogP contribution is 2.26. The molecule has 2 aromatic carbocycles. The maximum atomic E-state index is 13.3. The lowest BCUT2D eigenvalue weighted by Gasteiger charge is -1.99. The number of nitrogens with zero attached hydrogens (tertiary/aromatic N) is 2. The summed E-state index contributed by atoms with van der Waals surface area (Å²) in [7, 11) is 0. The molecule has 0 bridgehead atoms. The molecule has 0 aliphatic carbocycles. The fourth-order valence-corrected chi connectivity index (χ4v) is 1.89. The van der Waals surface area contributed by atoms with E-state index >= 15 is 0 Å². The minimum absolute atomic E-state index is 0.165. The van der Waals surface area contributed by atoms with Crippen LogP contribution in [0.1, 0.15) is 5.56 Å². The number of phenols is 1. The van der Waals surface area contributed by atoms with Crippen molar-refractivity contribution in [3.63, 3.8) is 0 Å². The van der Waals surface area contributed by atoms with Crippen LogP contribution in [-0.2, 0) is 0 Å². The molecule has 0 unspecified atom stereocenters. The summed E-state index contributed by atoms with van der Waals surface area (Å²) in [6.45, 7) is 1.85. The highest BCUT2D eigenvalue weighted by atomic mass is 19.1. The molecule has 0 saturated carbocycles. The van der Waals surface area contributed by atoms with Crippen LogP contribution in [0.3, 0.4) is 0 Å². The van der Waals surface area contributed by atoms with Crippen molar-refractivity contribution in [2.75, 3.05) is 0 Å². The topological polar surface area (TPSA) is 59.2 Å². The van der Waals surface area contributed by atoms with Gasteiger partial charge in [-0.15, -0.1) is 0 Å². The predicted octanol–water partition coefficient (Wildman–Crippen LogP) is 3.56. The van der Waals surface area contributed by atoms with Crippen molar-refractivity contribution in [2.45, 2.75) is 6.92 Å². The van der Waals surface area contributed by atoms with E-state index in [2.05, 4.69) is 10.1 Å². The average molecular weight is 270 g/mol. The van der Waals surface area contributed by atoms with E-state index in [1.54, 1.807) is 30.3 Å². The molecule has 3 aromatic rings. The maximum Gasteiger partial charge on any atom is 0.258 e. The Balaban J connectivity index is 2.01. The van der Waals surface area contributed by atoms with Crippen molar-refractivity contribution in [3.05, 3.63) is 53.8 Å². The Bertz CT molecular complexity index is 751. The molecule has 1 aromatic heterocycles. The molecule has 1 N–H and O–H groups in total. The Kier molecular flexibility index (Phi) is 2.95. The SMILES string of the molecule is Cc1ccc(F)cc1-c1nc(-c2ccc(O)cc2)no1. The molecule has 0 spiro atoms. The lowest BCUT2D eigenvalue weighted by Crippen LogP contribution is -1.86. The molecule has 3 rings (SSSR count). The van der Waals surface area contributed by atoms with E-state index in [1.807, 2.05) is 6.92 Å². The van der Waals surface area contributed by atoms with Crippen LogP contribution in [0.25, 0.3) is 22.8 Å². The van der Waals surface area contributed by atoms with Crippen molar-refractivity contribution in [1.29, 1.82) is 0 Å². The monoisotopic (exact) mass is 270 g/mol. The van der Waals surface area contributed by atoms with E-state index in [4.69, 9.17) is 4.52 Å². The van der Waals surface area contributed by atoms with Crippen molar-refractivity contribution < 1.29 is 14.0 Å². The van der Waals surface area contributed by atoms with Gasteiger partial charge in [0.1, 0.15) is 11.6 Å². The number of aromatic nitrogens is 2. The van der Waals surface area contributed by atoms with Crippen LogP contribution >= 0.6 is 0 Å². The van der Waals surface area contributed by atoms with Crippen molar-refractivity contribution in [1.82, 2.24) is 10.1 Å². The van der Waals surface area contributed by atoms with Gasteiger partial charge >= 0.3 is 0 Å². The van der Waals surface area contributed by atoms with Crippen LogP contribution in [0, 0.1) is 12.7 Å². The average Bonchev–Trinajstić information content (AvgIpc) is 2.92. The number of rotatable bonds is 2. The summed E-state index contributed by atoms with van der Waals surface area (Å²) in [6.07, 6.45) is 0. The molecule has 0 saturated heterocycles.